The van der Waals surface area contributed by atoms with Crippen molar-refractivity contribution >= 4 is 24.0 Å². The van der Waals surface area contributed by atoms with Crippen LogP contribution in [0.2, 0.25) is 0 Å². The first-order valence-electron chi connectivity index (χ1n) is 5.68. The number of ether oxygens (including phenoxy) is 1. The Kier molecular flexibility index (Phi) is 6.32. The molecule has 2 N–H and O–H groups in total. The van der Waals surface area contributed by atoms with Crippen molar-refractivity contribution in [2.75, 3.05) is 13.2 Å². The van der Waals surface area contributed by atoms with Crippen LogP contribution in [0.4, 0.5) is 4.79 Å². The van der Waals surface area contributed by atoms with Gasteiger partial charge in [-0.15, -0.1) is 6.58 Å². The molecule has 0 aliphatic carbocycles. The van der Waals surface area contributed by atoms with Gasteiger partial charge in [0.05, 0.1) is 6.26 Å². The van der Waals surface area contributed by atoms with Gasteiger partial charge in [0.1, 0.15) is 5.76 Å². The lowest BCUT2D eigenvalue weighted by Gasteiger charge is -2.04. The number of esters is 1. The lowest BCUT2D eigenvalue weighted by molar-refractivity contribution is -0.143. The van der Waals surface area contributed by atoms with Crippen LogP contribution in [-0.2, 0) is 14.3 Å². The Labute approximate surface area is 115 Å². The van der Waals surface area contributed by atoms with Gasteiger partial charge in [0.15, 0.2) is 6.61 Å². The van der Waals surface area contributed by atoms with Crippen LogP contribution in [0.5, 0.6) is 0 Å². The van der Waals surface area contributed by atoms with Gasteiger partial charge in [0.25, 0.3) is 5.91 Å². The number of amides is 3. The van der Waals surface area contributed by atoms with Gasteiger partial charge in [-0.25, -0.2) is 9.59 Å². The number of hydrogen-bond donors (Lipinski definition) is 2. The van der Waals surface area contributed by atoms with Crippen molar-refractivity contribution in [3.63, 3.8) is 0 Å². The second-order valence-electron chi connectivity index (χ2n) is 3.50. The first-order chi connectivity index (χ1) is 9.61. The fraction of sp³-hybridized carbons (Fsp3) is 0.154. The summed E-state index contributed by atoms with van der Waals surface area (Å²) in [6, 6.07) is 2.64. The highest BCUT2D eigenvalue weighted by molar-refractivity contribution is 5.96. The highest BCUT2D eigenvalue weighted by atomic mass is 16.5. The topological polar surface area (TPSA) is 97.6 Å². The lowest BCUT2D eigenvalue weighted by atomic mass is 10.4. The number of rotatable bonds is 6. The first-order valence-corrected chi connectivity index (χ1v) is 5.68. The van der Waals surface area contributed by atoms with Gasteiger partial charge >= 0.3 is 12.0 Å². The normalized spacial score (nSPS) is 10.0. The van der Waals surface area contributed by atoms with E-state index in [-0.39, 0.29) is 6.54 Å². The van der Waals surface area contributed by atoms with Crippen LogP contribution in [0.15, 0.2) is 41.5 Å². The minimum absolute atomic E-state index is 0.227. The zero-order chi connectivity index (χ0) is 14.8. The molecule has 7 nitrogen and oxygen atoms in total. The summed E-state index contributed by atoms with van der Waals surface area (Å²) in [6.45, 7) is 3.08. The number of hydrogen-bond acceptors (Lipinski definition) is 5. The predicted molar refractivity (Wildman–Crippen MR) is 70.4 cm³/mol. The summed E-state index contributed by atoms with van der Waals surface area (Å²) in [5, 5.41) is 4.32. The monoisotopic (exact) mass is 278 g/mol. The molecule has 1 aromatic rings. The van der Waals surface area contributed by atoms with E-state index in [1.165, 1.54) is 18.4 Å². The van der Waals surface area contributed by atoms with E-state index in [0.717, 1.165) is 6.08 Å². The smallest absolute Gasteiger partial charge is 0.331 e. The van der Waals surface area contributed by atoms with Gasteiger partial charge in [-0.1, -0.05) is 6.08 Å². The largest absolute Gasteiger partial charge is 0.465 e. The summed E-state index contributed by atoms with van der Waals surface area (Å²) in [5.74, 6) is -0.968. The van der Waals surface area contributed by atoms with Crippen molar-refractivity contribution in [1.29, 1.82) is 0 Å². The van der Waals surface area contributed by atoms with Crippen molar-refractivity contribution in [2.24, 2.45) is 0 Å². The van der Waals surface area contributed by atoms with Gasteiger partial charge in [-0.2, -0.15) is 0 Å². The van der Waals surface area contributed by atoms with Crippen LogP contribution < -0.4 is 10.6 Å². The van der Waals surface area contributed by atoms with Gasteiger partial charge in [0.2, 0.25) is 0 Å². The molecule has 7 heteroatoms. The van der Waals surface area contributed by atoms with Crippen molar-refractivity contribution in [3.05, 3.63) is 42.9 Å². The Morgan fingerprint density at radius 3 is 2.85 bits per heavy atom. The quantitative estimate of drug-likeness (QED) is 0.456. The average molecular weight is 278 g/mol. The molecule has 0 saturated heterocycles. The van der Waals surface area contributed by atoms with E-state index in [4.69, 9.17) is 4.42 Å². The highest BCUT2D eigenvalue weighted by Crippen LogP contribution is 2.02. The van der Waals surface area contributed by atoms with E-state index < -0.39 is 24.5 Å². The maximum atomic E-state index is 11.3. The fourth-order valence-electron chi connectivity index (χ4n) is 1.09. The van der Waals surface area contributed by atoms with E-state index >= 15 is 0 Å². The Morgan fingerprint density at radius 1 is 1.40 bits per heavy atom. The van der Waals surface area contributed by atoms with Gasteiger partial charge in [-0.05, 0) is 18.2 Å². The molecule has 0 bridgehead atoms. The zero-order valence-electron chi connectivity index (χ0n) is 10.6. The highest BCUT2D eigenvalue weighted by Gasteiger charge is 2.08. The molecule has 20 heavy (non-hydrogen) atoms. The van der Waals surface area contributed by atoms with Crippen LogP contribution >= 0.6 is 0 Å². The number of nitrogens with one attached hydrogen (secondary N) is 2. The predicted octanol–water partition coefficient (Wildman–Crippen LogP) is 0.848. The van der Waals surface area contributed by atoms with E-state index in [1.807, 2.05) is 5.32 Å². The molecule has 0 aliphatic heterocycles. The molecule has 106 valence electrons. The molecule has 0 atom stereocenters. The van der Waals surface area contributed by atoms with E-state index in [1.54, 1.807) is 12.1 Å². The average Bonchev–Trinajstić information content (AvgIpc) is 2.93. The molecular weight excluding hydrogens is 264 g/mol. The van der Waals surface area contributed by atoms with Crippen molar-refractivity contribution < 1.29 is 23.5 Å². The summed E-state index contributed by atoms with van der Waals surface area (Å²) in [6.07, 6.45) is 5.44. The van der Waals surface area contributed by atoms with Crippen molar-refractivity contribution in [3.8, 4) is 0 Å². The minimum atomic E-state index is -0.730. The Balaban J connectivity index is 2.25. The van der Waals surface area contributed by atoms with Crippen LogP contribution in [0.1, 0.15) is 5.76 Å². The third-order valence-electron chi connectivity index (χ3n) is 1.93. The molecule has 0 radical (unpaired) electrons. The molecular formula is C13H14N2O5. The van der Waals surface area contributed by atoms with Crippen molar-refractivity contribution in [1.82, 2.24) is 10.6 Å². The minimum Gasteiger partial charge on any atom is -0.465 e. The van der Waals surface area contributed by atoms with E-state index in [0.29, 0.717) is 5.76 Å². The molecule has 1 heterocycles. The van der Waals surface area contributed by atoms with Crippen LogP contribution in [0.25, 0.3) is 6.08 Å². The maximum absolute atomic E-state index is 11.3. The standard InChI is InChI=1S/C13H14N2O5/c1-2-7-14-13(18)15-11(16)9-20-12(17)6-5-10-4-3-8-19-10/h2-6,8H,1,7,9H2,(H2,14,15,16,18). The van der Waals surface area contributed by atoms with E-state index in [2.05, 4.69) is 16.6 Å². The molecule has 0 unspecified atom stereocenters. The number of urea groups is 1. The lowest BCUT2D eigenvalue weighted by Crippen LogP contribution is -2.41. The summed E-state index contributed by atoms with van der Waals surface area (Å²) in [5.41, 5.74) is 0. The SMILES string of the molecule is C=CCNC(=O)NC(=O)COC(=O)C=Cc1ccco1. The van der Waals surface area contributed by atoms with Crippen LogP contribution in [0, 0.1) is 0 Å². The molecule has 0 fully saturated rings. The molecule has 0 spiro atoms. The summed E-state index contributed by atoms with van der Waals surface area (Å²) in [7, 11) is 0. The number of carbonyl (C=O) groups excluding carboxylic acids is 3. The number of furan rings is 1. The van der Waals surface area contributed by atoms with Gasteiger partial charge in [0, 0.05) is 12.6 Å². The summed E-state index contributed by atoms with van der Waals surface area (Å²) >= 11 is 0. The van der Waals surface area contributed by atoms with Crippen LogP contribution in [0.3, 0.4) is 0 Å². The van der Waals surface area contributed by atoms with Crippen molar-refractivity contribution in [2.45, 2.75) is 0 Å². The molecule has 1 aromatic heterocycles. The molecule has 3 amide bonds. The Hall–Kier alpha value is -2.83. The third kappa shape index (κ3) is 6.20. The third-order valence-corrected chi connectivity index (χ3v) is 1.93. The Bertz CT molecular complexity index is 505. The number of imide groups is 1. The number of carbonyl (C=O) groups is 3. The molecule has 0 aromatic carbocycles. The summed E-state index contributed by atoms with van der Waals surface area (Å²) < 4.78 is 9.59. The summed E-state index contributed by atoms with van der Waals surface area (Å²) in [4.78, 5) is 33.6. The second-order valence-corrected chi connectivity index (χ2v) is 3.50. The molecule has 0 aliphatic rings. The molecule has 1 rings (SSSR count). The van der Waals surface area contributed by atoms with Crippen LogP contribution in [-0.4, -0.2) is 31.1 Å². The zero-order valence-corrected chi connectivity index (χ0v) is 10.6. The first kappa shape index (κ1) is 15.2. The van der Waals surface area contributed by atoms with E-state index in [9.17, 15) is 14.4 Å². The molecule has 0 saturated carbocycles. The maximum Gasteiger partial charge on any atom is 0.331 e. The second kappa shape index (κ2) is 8.30. The van der Waals surface area contributed by atoms with Gasteiger partial charge in [-0.3, -0.25) is 10.1 Å². The fourth-order valence-corrected chi connectivity index (χ4v) is 1.09. The Morgan fingerprint density at radius 2 is 2.20 bits per heavy atom. The van der Waals surface area contributed by atoms with Gasteiger partial charge < -0.3 is 14.5 Å².